The number of nitrogens with zero attached hydrogens (tertiary/aromatic N) is 2. The number of ether oxygens (including phenoxy) is 2. The van der Waals surface area contributed by atoms with Crippen molar-refractivity contribution < 1.29 is 9.47 Å². The first-order valence-electron chi connectivity index (χ1n) is 7.66. The van der Waals surface area contributed by atoms with E-state index < -0.39 is 0 Å². The highest BCUT2D eigenvalue weighted by atomic mass is 16.7. The van der Waals surface area contributed by atoms with Crippen molar-refractivity contribution in [1.82, 2.24) is 15.2 Å². The molecule has 3 heterocycles. The molecule has 2 aromatic rings. The van der Waals surface area contributed by atoms with Crippen molar-refractivity contribution >= 4 is 0 Å². The molecule has 2 aliphatic heterocycles. The SMILES string of the molecule is c1cc(C(c2ccc3c(c2)OCO3)N2CCNCC2)ccn1. The van der Waals surface area contributed by atoms with Crippen LogP contribution < -0.4 is 14.8 Å². The van der Waals surface area contributed by atoms with Gasteiger partial charge in [0, 0.05) is 38.6 Å². The number of rotatable bonds is 3. The van der Waals surface area contributed by atoms with E-state index in [-0.39, 0.29) is 6.04 Å². The van der Waals surface area contributed by atoms with Crippen LogP contribution in [0.2, 0.25) is 0 Å². The van der Waals surface area contributed by atoms with Crippen molar-refractivity contribution in [3.63, 3.8) is 0 Å². The molecule has 1 atom stereocenters. The Balaban J connectivity index is 1.73. The van der Waals surface area contributed by atoms with Gasteiger partial charge in [-0.15, -0.1) is 0 Å². The first kappa shape index (κ1) is 13.5. The molecule has 1 fully saturated rings. The van der Waals surface area contributed by atoms with Gasteiger partial charge in [0.25, 0.3) is 0 Å². The maximum atomic E-state index is 5.55. The second-order valence-corrected chi connectivity index (χ2v) is 5.58. The smallest absolute Gasteiger partial charge is 0.231 e. The van der Waals surface area contributed by atoms with Crippen LogP contribution in [-0.2, 0) is 0 Å². The zero-order valence-electron chi connectivity index (χ0n) is 12.4. The maximum Gasteiger partial charge on any atom is 0.231 e. The quantitative estimate of drug-likeness (QED) is 0.936. The summed E-state index contributed by atoms with van der Waals surface area (Å²) in [5.74, 6) is 1.67. The van der Waals surface area contributed by atoms with E-state index >= 15 is 0 Å². The molecule has 5 heteroatoms. The third-order valence-electron chi connectivity index (χ3n) is 4.25. The number of piperazine rings is 1. The molecule has 5 nitrogen and oxygen atoms in total. The van der Waals surface area contributed by atoms with Gasteiger partial charge in [-0.25, -0.2) is 0 Å². The van der Waals surface area contributed by atoms with Crippen molar-refractivity contribution in [1.29, 1.82) is 0 Å². The maximum absolute atomic E-state index is 5.55. The number of fused-ring (bicyclic) bond motifs is 1. The number of hydrogen-bond acceptors (Lipinski definition) is 5. The predicted molar refractivity (Wildman–Crippen MR) is 83.1 cm³/mol. The van der Waals surface area contributed by atoms with Crippen LogP contribution in [0.1, 0.15) is 17.2 Å². The number of hydrogen-bond donors (Lipinski definition) is 1. The van der Waals surface area contributed by atoms with Gasteiger partial charge < -0.3 is 14.8 Å². The topological polar surface area (TPSA) is 46.6 Å². The van der Waals surface area contributed by atoms with Crippen molar-refractivity contribution in [3.8, 4) is 11.5 Å². The van der Waals surface area contributed by atoms with E-state index in [4.69, 9.17) is 9.47 Å². The van der Waals surface area contributed by atoms with Gasteiger partial charge in [-0.3, -0.25) is 9.88 Å². The summed E-state index contributed by atoms with van der Waals surface area (Å²) in [7, 11) is 0. The molecule has 1 unspecified atom stereocenters. The third-order valence-corrected chi connectivity index (χ3v) is 4.25. The highest BCUT2D eigenvalue weighted by Gasteiger charge is 2.25. The Morgan fingerprint density at radius 1 is 0.955 bits per heavy atom. The Kier molecular flexibility index (Phi) is 3.66. The highest BCUT2D eigenvalue weighted by Crippen LogP contribution is 2.37. The molecule has 114 valence electrons. The van der Waals surface area contributed by atoms with Gasteiger partial charge in [0.1, 0.15) is 0 Å². The largest absolute Gasteiger partial charge is 0.454 e. The van der Waals surface area contributed by atoms with E-state index in [2.05, 4.69) is 39.5 Å². The zero-order chi connectivity index (χ0) is 14.8. The summed E-state index contributed by atoms with van der Waals surface area (Å²) in [4.78, 5) is 6.65. The minimum absolute atomic E-state index is 0.222. The standard InChI is InChI=1S/C17H19N3O2/c1-2-15-16(22-12-21-15)11-14(1)17(13-3-5-18-6-4-13)20-9-7-19-8-10-20/h1-6,11,17,19H,7-10,12H2. The number of nitrogens with one attached hydrogen (secondary N) is 1. The summed E-state index contributed by atoms with van der Waals surface area (Å²) in [5, 5.41) is 3.42. The van der Waals surface area contributed by atoms with Crippen molar-refractivity contribution in [2.24, 2.45) is 0 Å². The molecule has 1 saturated heterocycles. The Bertz CT molecular complexity index is 642. The summed E-state index contributed by atoms with van der Waals surface area (Å²) in [5.41, 5.74) is 2.49. The molecule has 22 heavy (non-hydrogen) atoms. The molecule has 0 saturated carbocycles. The monoisotopic (exact) mass is 297 g/mol. The summed E-state index contributed by atoms with van der Waals surface area (Å²) >= 11 is 0. The fraction of sp³-hybridized carbons (Fsp3) is 0.353. The molecule has 0 aliphatic carbocycles. The van der Waals surface area contributed by atoms with Crippen LogP contribution in [0.15, 0.2) is 42.7 Å². The lowest BCUT2D eigenvalue weighted by Gasteiger charge is -2.35. The molecule has 0 amide bonds. The molecule has 1 aromatic carbocycles. The van der Waals surface area contributed by atoms with Gasteiger partial charge in [-0.05, 0) is 35.4 Å². The average molecular weight is 297 g/mol. The first-order chi connectivity index (χ1) is 10.9. The van der Waals surface area contributed by atoms with Crippen LogP contribution in [0, 0.1) is 0 Å². The van der Waals surface area contributed by atoms with Crippen LogP contribution in [0.5, 0.6) is 11.5 Å². The molecule has 2 aliphatic rings. The minimum Gasteiger partial charge on any atom is -0.454 e. The van der Waals surface area contributed by atoms with E-state index in [1.54, 1.807) is 0 Å². The first-order valence-corrected chi connectivity index (χ1v) is 7.66. The molecular formula is C17H19N3O2. The second kappa shape index (κ2) is 5.94. The summed E-state index contributed by atoms with van der Waals surface area (Å²) in [6.45, 7) is 4.41. The Hall–Kier alpha value is -2.11. The lowest BCUT2D eigenvalue weighted by molar-refractivity contribution is 0.173. The van der Waals surface area contributed by atoms with Crippen molar-refractivity contribution in [3.05, 3.63) is 53.9 Å². The van der Waals surface area contributed by atoms with Crippen molar-refractivity contribution in [2.75, 3.05) is 33.0 Å². The average Bonchev–Trinajstić information content (AvgIpc) is 3.05. The van der Waals surface area contributed by atoms with Crippen LogP contribution in [0.25, 0.3) is 0 Å². The fourth-order valence-electron chi connectivity index (χ4n) is 3.18. The summed E-state index contributed by atoms with van der Waals surface area (Å²) in [6, 6.07) is 10.7. The van der Waals surface area contributed by atoms with E-state index in [0.717, 1.165) is 37.7 Å². The van der Waals surface area contributed by atoms with Gasteiger partial charge in [0.15, 0.2) is 11.5 Å². The van der Waals surface area contributed by atoms with E-state index in [0.29, 0.717) is 6.79 Å². The molecular weight excluding hydrogens is 278 g/mol. The molecule has 0 radical (unpaired) electrons. The Morgan fingerprint density at radius 2 is 1.73 bits per heavy atom. The van der Waals surface area contributed by atoms with Crippen LogP contribution in [0.3, 0.4) is 0 Å². The second-order valence-electron chi connectivity index (χ2n) is 5.58. The molecule has 4 rings (SSSR count). The molecule has 1 N–H and O–H groups in total. The lowest BCUT2D eigenvalue weighted by Crippen LogP contribution is -2.45. The van der Waals surface area contributed by atoms with Gasteiger partial charge in [0.2, 0.25) is 6.79 Å². The zero-order valence-corrected chi connectivity index (χ0v) is 12.4. The van der Waals surface area contributed by atoms with Gasteiger partial charge >= 0.3 is 0 Å². The van der Waals surface area contributed by atoms with E-state index in [1.165, 1.54) is 11.1 Å². The van der Waals surface area contributed by atoms with E-state index in [1.807, 2.05) is 18.5 Å². The molecule has 0 bridgehead atoms. The van der Waals surface area contributed by atoms with Crippen molar-refractivity contribution in [2.45, 2.75) is 6.04 Å². The third kappa shape index (κ3) is 2.53. The highest BCUT2D eigenvalue weighted by molar-refractivity contribution is 5.47. The van der Waals surface area contributed by atoms with Gasteiger partial charge in [-0.1, -0.05) is 6.07 Å². The Morgan fingerprint density at radius 3 is 2.55 bits per heavy atom. The minimum atomic E-state index is 0.222. The summed E-state index contributed by atoms with van der Waals surface area (Å²) in [6.07, 6.45) is 3.72. The fourth-order valence-corrected chi connectivity index (χ4v) is 3.18. The normalized spacial score (nSPS) is 19.1. The predicted octanol–water partition coefficient (Wildman–Crippen LogP) is 1.80. The Labute approximate surface area is 129 Å². The van der Waals surface area contributed by atoms with Crippen LogP contribution >= 0.6 is 0 Å². The van der Waals surface area contributed by atoms with E-state index in [9.17, 15) is 0 Å². The van der Waals surface area contributed by atoms with Crippen LogP contribution in [0.4, 0.5) is 0 Å². The number of pyridine rings is 1. The molecule has 1 aromatic heterocycles. The lowest BCUT2D eigenvalue weighted by atomic mass is 9.97. The number of benzene rings is 1. The van der Waals surface area contributed by atoms with Gasteiger partial charge in [-0.2, -0.15) is 0 Å². The van der Waals surface area contributed by atoms with Gasteiger partial charge in [0.05, 0.1) is 6.04 Å². The molecule has 0 spiro atoms. The summed E-state index contributed by atoms with van der Waals surface area (Å²) < 4.78 is 11.0. The van der Waals surface area contributed by atoms with Crippen LogP contribution in [-0.4, -0.2) is 42.9 Å². The number of aromatic nitrogens is 1.